The molecule has 0 nitrogen and oxygen atoms in total. The highest BCUT2D eigenvalue weighted by atomic mass is 19.1. The topological polar surface area (TPSA) is 0 Å². The van der Waals surface area contributed by atoms with Gasteiger partial charge in [0.25, 0.3) is 0 Å². The predicted octanol–water partition coefficient (Wildman–Crippen LogP) is 2.52. The Balaban J connectivity index is 3.29. The second-order valence-electron chi connectivity index (χ2n) is 1.78. The van der Waals surface area contributed by atoms with E-state index in [2.05, 4.69) is 6.92 Å². The van der Waals surface area contributed by atoms with Gasteiger partial charge < -0.3 is 0 Å². The van der Waals surface area contributed by atoms with Gasteiger partial charge >= 0.3 is 0 Å². The summed E-state index contributed by atoms with van der Waals surface area (Å²) in [7, 11) is 0. The summed E-state index contributed by atoms with van der Waals surface area (Å²) in [4.78, 5) is 0. The average Bonchev–Trinajstić information content (AvgIpc) is 1.68. The van der Waals surface area contributed by atoms with Crippen LogP contribution >= 0.6 is 0 Å². The van der Waals surface area contributed by atoms with Crippen LogP contribution in [0.15, 0.2) is 11.6 Å². The maximum absolute atomic E-state index is 11.5. The third-order valence-corrected chi connectivity index (χ3v) is 0.982. The van der Waals surface area contributed by atoms with Gasteiger partial charge in [0, 0.05) is 0 Å². The first-order valence-corrected chi connectivity index (χ1v) is 2.82. The van der Waals surface area contributed by atoms with Crippen LogP contribution in [-0.2, 0) is 0 Å². The Morgan fingerprint density at radius 3 is 2.75 bits per heavy atom. The molecule has 1 radical (unpaired) electrons. The lowest BCUT2D eigenvalue weighted by Gasteiger charge is -1.91. The normalized spacial score (nSPS) is 12.1. The molecule has 1 heteroatoms. The molecular formula is C7H12F. The van der Waals surface area contributed by atoms with E-state index in [0.29, 0.717) is 6.42 Å². The minimum Gasteiger partial charge on any atom is -0.251 e. The maximum Gasteiger partial charge on any atom is 0.0931 e. The first-order valence-electron chi connectivity index (χ1n) is 2.82. The van der Waals surface area contributed by atoms with Gasteiger partial charge in [0.05, 0.1) is 6.67 Å². The van der Waals surface area contributed by atoms with Gasteiger partial charge in [-0.2, -0.15) is 0 Å². The van der Waals surface area contributed by atoms with Gasteiger partial charge in [0.1, 0.15) is 0 Å². The van der Waals surface area contributed by atoms with Gasteiger partial charge in [0.15, 0.2) is 0 Å². The Hall–Kier alpha value is -0.330. The number of alkyl halides is 1. The molecule has 0 saturated carbocycles. The van der Waals surface area contributed by atoms with Crippen molar-refractivity contribution in [2.24, 2.45) is 0 Å². The van der Waals surface area contributed by atoms with Crippen molar-refractivity contribution < 1.29 is 4.39 Å². The summed E-state index contributed by atoms with van der Waals surface area (Å²) in [5.74, 6) is 0. The number of hydrogen-bond donors (Lipinski definition) is 0. The van der Waals surface area contributed by atoms with Crippen molar-refractivity contribution in [3.63, 3.8) is 0 Å². The van der Waals surface area contributed by atoms with Crippen LogP contribution in [0.1, 0.15) is 19.8 Å². The number of halogens is 1. The van der Waals surface area contributed by atoms with Crippen LogP contribution in [-0.4, -0.2) is 6.67 Å². The van der Waals surface area contributed by atoms with E-state index in [1.54, 1.807) is 0 Å². The van der Waals surface area contributed by atoms with Crippen LogP contribution in [0.3, 0.4) is 0 Å². The molecule has 0 amide bonds. The van der Waals surface area contributed by atoms with E-state index >= 15 is 0 Å². The van der Waals surface area contributed by atoms with Crippen molar-refractivity contribution in [2.45, 2.75) is 19.8 Å². The fourth-order valence-electron chi connectivity index (χ4n) is 0.498. The van der Waals surface area contributed by atoms with Crippen molar-refractivity contribution >= 4 is 0 Å². The Morgan fingerprint density at radius 1 is 1.75 bits per heavy atom. The van der Waals surface area contributed by atoms with E-state index in [9.17, 15) is 4.39 Å². The fraction of sp³-hybridized carbons (Fsp3) is 0.571. The van der Waals surface area contributed by atoms with Crippen LogP contribution in [0.5, 0.6) is 0 Å². The van der Waals surface area contributed by atoms with E-state index in [1.807, 2.05) is 13.0 Å². The lowest BCUT2D eigenvalue weighted by molar-refractivity contribution is 0.494. The third-order valence-electron chi connectivity index (χ3n) is 0.982. The second-order valence-corrected chi connectivity index (χ2v) is 1.78. The molecule has 0 aromatic rings. The number of hydrogen-bond acceptors (Lipinski definition) is 0. The molecule has 0 spiro atoms. The van der Waals surface area contributed by atoms with Crippen molar-refractivity contribution in [3.05, 3.63) is 18.6 Å². The summed E-state index contributed by atoms with van der Waals surface area (Å²) in [6, 6.07) is 0. The van der Waals surface area contributed by atoms with Crippen molar-refractivity contribution in [3.8, 4) is 0 Å². The third kappa shape index (κ3) is 3.85. The summed E-state index contributed by atoms with van der Waals surface area (Å²) in [5, 5.41) is 0. The van der Waals surface area contributed by atoms with Crippen molar-refractivity contribution in [1.82, 2.24) is 0 Å². The van der Waals surface area contributed by atoms with Crippen LogP contribution < -0.4 is 0 Å². The maximum atomic E-state index is 11.5. The molecular weight excluding hydrogens is 103 g/mol. The minimum atomic E-state index is -0.248. The zero-order valence-corrected chi connectivity index (χ0v) is 5.28. The second kappa shape index (κ2) is 4.82. The molecule has 47 valence electrons. The minimum absolute atomic E-state index is 0.248. The SMILES string of the molecule is [CH2]CC=C(C)CCF. The van der Waals surface area contributed by atoms with Gasteiger partial charge in [-0.3, -0.25) is 4.39 Å². The Labute approximate surface area is 50.4 Å². The van der Waals surface area contributed by atoms with E-state index < -0.39 is 0 Å². The van der Waals surface area contributed by atoms with Gasteiger partial charge in [-0.05, 0) is 26.7 Å². The molecule has 0 aliphatic carbocycles. The highest BCUT2D eigenvalue weighted by Crippen LogP contribution is 1.99. The zero-order chi connectivity index (χ0) is 6.41. The standard InChI is InChI=1S/C7H12F/c1-3-4-7(2)5-6-8/h4H,1,3,5-6H2,2H3. The summed E-state index contributed by atoms with van der Waals surface area (Å²) < 4.78 is 11.5. The largest absolute Gasteiger partial charge is 0.251 e. The van der Waals surface area contributed by atoms with Crippen molar-refractivity contribution in [2.75, 3.05) is 6.67 Å². The number of rotatable bonds is 3. The Kier molecular flexibility index (Phi) is 4.62. The van der Waals surface area contributed by atoms with E-state index in [-0.39, 0.29) is 6.67 Å². The summed E-state index contributed by atoms with van der Waals surface area (Å²) in [6.45, 7) is 5.28. The molecule has 0 bridgehead atoms. The van der Waals surface area contributed by atoms with Gasteiger partial charge in [-0.25, -0.2) is 0 Å². The monoisotopic (exact) mass is 115 g/mol. The van der Waals surface area contributed by atoms with Gasteiger partial charge in [0.2, 0.25) is 0 Å². The molecule has 0 saturated heterocycles. The molecule has 0 atom stereocenters. The Morgan fingerprint density at radius 2 is 2.38 bits per heavy atom. The molecule has 0 N–H and O–H groups in total. The first-order chi connectivity index (χ1) is 3.81. The van der Waals surface area contributed by atoms with E-state index in [4.69, 9.17) is 0 Å². The molecule has 0 aromatic heterocycles. The van der Waals surface area contributed by atoms with E-state index in [1.165, 1.54) is 0 Å². The molecule has 8 heavy (non-hydrogen) atoms. The molecule has 0 fully saturated rings. The van der Waals surface area contributed by atoms with E-state index in [0.717, 1.165) is 12.0 Å². The summed E-state index contributed by atoms with van der Waals surface area (Å²) in [6.07, 6.45) is 3.28. The van der Waals surface area contributed by atoms with Crippen molar-refractivity contribution in [1.29, 1.82) is 0 Å². The first kappa shape index (κ1) is 7.67. The predicted molar refractivity (Wildman–Crippen MR) is 34.3 cm³/mol. The zero-order valence-electron chi connectivity index (χ0n) is 5.28. The average molecular weight is 115 g/mol. The van der Waals surface area contributed by atoms with Gasteiger partial charge in [-0.15, -0.1) is 0 Å². The summed E-state index contributed by atoms with van der Waals surface area (Å²) in [5.41, 5.74) is 1.10. The highest BCUT2D eigenvalue weighted by Gasteiger charge is 1.84. The lowest BCUT2D eigenvalue weighted by Crippen LogP contribution is -1.77. The molecule has 0 heterocycles. The molecule has 0 aliphatic heterocycles. The highest BCUT2D eigenvalue weighted by molar-refractivity contribution is 4.97. The van der Waals surface area contributed by atoms with Crippen LogP contribution in [0.25, 0.3) is 0 Å². The molecule has 0 aromatic carbocycles. The molecule has 0 unspecified atom stereocenters. The molecule has 0 rings (SSSR count). The van der Waals surface area contributed by atoms with Crippen LogP contribution in [0, 0.1) is 6.92 Å². The fourth-order valence-corrected chi connectivity index (χ4v) is 0.498. The van der Waals surface area contributed by atoms with Crippen LogP contribution in [0.4, 0.5) is 4.39 Å². The quantitative estimate of drug-likeness (QED) is 0.496. The smallest absolute Gasteiger partial charge is 0.0931 e. The Bertz CT molecular complexity index is 74.5. The molecule has 0 aliphatic rings. The number of allylic oxidation sites excluding steroid dienone is 2. The van der Waals surface area contributed by atoms with Gasteiger partial charge in [-0.1, -0.05) is 11.6 Å². The van der Waals surface area contributed by atoms with Crippen LogP contribution in [0.2, 0.25) is 0 Å². The lowest BCUT2D eigenvalue weighted by atomic mass is 10.2. The summed E-state index contributed by atoms with van der Waals surface area (Å²) >= 11 is 0.